The predicted octanol–water partition coefficient (Wildman–Crippen LogP) is 6.58. The Hall–Kier alpha value is -3.91. The second-order valence-electron chi connectivity index (χ2n) is 9.60. The number of nitrogens with zero attached hydrogens (tertiary/aromatic N) is 2. The van der Waals surface area contributed by atoms with Crippen molar-refractivity contribution in [2.24, 2.45) is 0 Å². The molecule has 0 saturated carbocycles. The van der Waals surface area contributed by atoms with E-state index in [1.807, 2.05) is 52.6 Å². The molecule has 6 rings (SSSR count). The molecule has 0 fully saturated rings. The number of methoxy groups -OCH3 is 3. The molecule has 8 heteroatoms. The van der Waals surface area contributed by atoms with Crippen LogP contribution in [0, 0.1) is 0 Å². The average Bonchev–Trinajstić information content (AvgIpc) is 3.55. The van der Waals surface area contributed by atoms with E-state index in [2.05, 4.69) is 28.2 Å². The Morgan fingerprint density at radius 2 is 1.68 bits per heavy atom. The summed E-state index contributed by atoms with van der Waals surface area (Å²) in [6, 6.07) is 17.1. The van der Waals surface area contributed by atoms with E-state index >= 15 is 0 Å². The number of urea groups is 1. The minimum atomic E-state index is -0.293. The molecule has 7 nitrogen and oxygen atoms in total. The molecular formula is C30H31N3O4S. The lowest BCUT2D eigenvalue weighted by Gasteiger charge is -2.31. The number of aryl methyl sites for hydroxylation is 1. The SMILES string of the molecule is COc1ccc([C@H]2c3cccn3-c3sc4c(c3CN2C(=O)Nc2ccc(OC)cc2OC)CCCC4)cc1. The van der Waals surface area contributed by atoms with Crippen molar-refractivity contribution in [3.63, 3.8) is 0 Å². The van der Waals surface area contributed by atoms with Crippen molar-refractivity contribution in [1.29, 1.82) is 0 Å². The first kappa shape index (κ1) is 24.4. The summed E-state index contributed by atoms with van der Waals surface area (Å²) in [5.41, 5.74) is 5.36. The van der Waals surface area contributed by atoms with Crippen molar-refractivity contribution in [3.8, 4) is 22.2 Å². The maximum absolute atomic E-state index is 14.2. The molecule has 3 heterocycles. The number of aromatic nitrogens is 1. The fraction of sp³-hybridized carbons (Fsp3) is 0.300. The van der Waals surface area contributed by atoms with E-state index in [-0.39, 0.29) is 12.1 Å². The zero-order chi connectivity index (χ0) is 26.2. The van der Waals surface area contributed by atoms with E-state index < -0.39 is 0 Å². The van der Waals surface area contributed by atoms with Crippen LogP contribution >= 0.6 is 11.3 Å². The molecule has 1 N–H and O–H groups in total. The minimum Gasteiger partial charge on any atom is -0.497 e. The number of rotatable bonds is 5. The lowest BCUT2D eigenvalue weighted by molar-refractivity contribution is 0.194. The number of hydrogen-bond acceptors (Lipinski definition) is 5. The van der Waals surface area contributed by atoms with Gasteiger partial charge in [0.15, 0.2) is 0 Å². The summed E-state index contributed by atoms with van der Waals surface area (Å²) in [5, 5.41) is 4.36. The molecule has 196 valence electrons. The fourth-order valence-corrected chi connectivity index (χ4v) is 7.02. The van der Waals surface area contributed by atoms with Gasteiger partial charge in [0.05, 0.1) is 45.3 Å². The van der Waals surface area contributed by atoms with Crippen LogP contribution in [0.15, 0.2) is 60.8 Å². The number of carbonyl (C=O) groups excluding carboxylic acids is 1. The van der Waals surface area contributed by atoms with Crippen molar-refractivity contribution in [1.82, 2.24) is 9.47 Å². The molecule has 0 unspecified atom stereocenters. The van der Waals surface area contributed by atoms with Crippen molar-refractivity contribution in [2.45, 2.75) is 38.3 Å². The largest absolute Gasteiger partial charge is 0.497 e. The lowest BCUT2D eigenvalue weighted by atomic mass is 9.95. The second kappa shape index (κ2) is 10.1. The normalized spacial score (nSPS) is 16.1. The standard InChI is InChI=1S/C30H31N3O4S/c1-35-20-12-10-19(11-13-20)28-25-8-6-16-32(25)29-23(22-7-4-5-9-27(22)38-29)18-33(28)30(34)31-24-15-14-21(36-2)17-26(24)37-3/h6,8,10-17,28H,4-5,7,9,18H2,1-3H3,(H,31,34)/t28-/m0/s1. The van der Waals surface area contributed by atoms with Gasteiger partial charge in [0, 0.05) is 22.7 Å². The summed E-state index contributed by atoms with van der Waals surface area (Å²) in [7, 11) is 4.86. The van der Waals surface area contributed by atoms with E-state index in [1.54, 1.807) is 27.4 Å². The number of amides is 2. The van der Waals surface area contributed by atoms with Crippen molar-refractivity contribution < 1.29 is 19.0 Å². The Morgan fingerprint density at radius 3 is 2.45 bits per heavy atom. The molecule has 1 aliphatic heterocycles. The van der Waals surface area contributed by atoms with Crippen LogP contribution in [-0.4, -0.2) is 36.8 Å². The molecule has 2 aliphatic rings. The van der Waals surface area contributed by atoms with Gasteiger partial charge in [0.25, 0.3) is 0 Å². The molecule has 0 saturated heterocycles. The summed E-state index contributed by atoms with van der Waals surface area (Å²) >= 11 is 1.88. The van der Waals surface area contributed by atoms with E-state index in [1.165, 1.54) is 33.8 Å². The van der Waals surface area contributed by atoms with E-state index in [4.69, 9.17) is 14.2 Å². The summed E-state index contributed by atoms with van der Waals surface area (Å²) in [5.74, 6) is 1.99. The Balaban J connectivity index is 1.47. The zero-order valence-electron chi connectivity index (χ0n) is 21.8. The molecular weight excluding hydrogens is 498 g/mol. The fourth-order valence-electron chi connectivity index (χ4n) is 5.61. The van der Waals surface area contributed by atoms with Gasteiger partial charge in [0.2, 0.25) is 0 Å². The van der Waals surface area contributed by atoms with E-state index in [0.29, 0.717) is 23.7 Å². The number of thiophene rings is 1. The zero-order valence-corrected chi connectivity index (χ0v) is 22.6. The first-order chi connectivity index (χ1) is 18.6. The molecule has 38 heavy (non-hydrogen) atoms. The Labute approximate surface area is 226 Å². The Kier molecular flexibility index (Phi) is 6.49. The van der Waals surface area contributed by atoms with Gasteiger partial charge in [-0.1, -0.05) is 12.1 Å². The molecule has 0 bridgehead atoms. The number of carbonyl (C=O) groups is 1. The van der Waals surface area contributed by atoms with Gasteiger partial charge in [-0.15, -0.1) is 11.3 Å². The van der Waals surface area contributed by atoms with Gasteiger partial charge in [-0.2, -0.15) is 0 Å². The monoisotopic (exact) mass is 529 g/mol. The molecule has 1 aliphatic carbocycles. The first-order valence-corrected chi connectivity index (χ1v) is 13.7. The van der Waals surface area contributed by atoms with Gasteiger partial charge < -0.3 is 29.0 Å². The maximum atomic E-state index is 14.2. The molecule has 2 amide bonds. The molecule has 0 radical (unpaired) electrons. The van der Waals surface area contributed by atoms with E-state index in [9.17, 15) is 4.79 Å². The van der Waals surface area contributed by atoms with Crippen molar-refractivity contribution in [2.75, 3.05) is 26.6 Å². The Bertz CT molecular complexity index is 1470. The van der Waals surface area contributed by atoms with Crippen LogP contribution in [-0.2, 0) is 19.4 Å². The average molecular weight is 530 g/mol. The number of nitrogens with one attached hydrogen (secondary N) is 1. The van der Waals surface area contributed by atoms with Gasteiger partial charge >= 0.3 is 6.03 Å². The van der Waals surface area contributed by atoms with Crippen LogP contribution in [0.4, 0.5) is 10.5 Å². The third-order valence-electron chi connectivity index (χ3n) is 7.52. The molecule has 0 spiro atoms. The van der Waals surface area contributed by atoms with Crippen LogP contribution in [0.2, 0.25) is 0 Å². The number of fused-ring (bicyclic) bond motifs is 5. The van der Waals surface area contributed by atoms with Crippen LogP contribution in [0.5, 0.6) is 17.2 Å². The summed E-state index contributed by atoms with van der Waals surface area (Å²) in [4.78, 5) is 17.6. The minimum absolute atomic E-state index is 0.189. The van der Waals surface area contributed by atoms with Gasteiger partial charge in [-0.05, 0) is 73.2 Å². The third-order valence-corrected chi connectivity index (χ3v) is 8.85. The molecule has 4 aromatic rings. The number of ether oxygens (including phenoxy) is 3. The number of benzene rings is 2. The van der Waals surface area contributed by atoms with Gasteiger partial charge in [0.1, 0.15) is 22.2 Å². The van der Waals surface area contributed by atoms with Crippen LogP contribution in [0.25, 0.3) is 5.00 Å². The summed E-state index contributed by atoms with van der Waals surface area (Å²) in [6.45, 7) is 0.518. The molecule has 2 aromatic carbocycles. The highest BCUT2D eigenvalue weighted by Crippen LogP contribution is 2.44. The van der Waals surface area contributed by atoms with E-state index in [0.717, 1.165) is 29.8 Å². The van der Waals surface area contributed by atoms with Gasteiger partial charge in [-0.3, -0.25) is 0 Å². The van der Waals surface area contributed by atoms with Crippen LogP contribution in [0.1, 0.15) is 46.1 Å². The van der Waals surface area contributed by atoms with Gasteiger partial charge in [-0.25, -0.2) is 4.79 Å². The smallest absolute Gasteiger partial charge is 0.323 e. The first-order valence-electron chi connectivity index (χ1n) is 12.9. The molecule has 1 atom stereocenters. The maximum Gasteiger partial charge on any atom is 0.323 e. The summed E-state index contributed by atoms with van der Waals surface area (Å²) in [6.07, 6.45) is 6.71. The summed E-state index contributed by atoms with van der Waals surface area (Å²) < 4.78 is 18.6. The number of anilines is 1. The highest BCUT2D eigenvalue weighted by Gasteiger charge is 2.36. The predicted molar refractivity (Wildman–Crippen MR) is 149 cm³/mol. The quantitative estimate of drug-likeness (QED) is 0.317. The van der Waals surface area contributed by atoms with Crippen LogP contribution in [0.3, 0.4) is 0 Å². The van der Waals surface area contributed by atoms with Crippen LogP contribution < -0.4 is 19.5 Å². The lowest BCUT2D eigenvalue weighted by Crippen LogP contribution is -2.38. The van der Waals surface area contributed by atoms with Crippen molar-refractivity contribution in [3.05, 3.63) is 88.1 Å². The third kappa shape index (κ3) is 4.19. The Morgan fingerprint density at radius 1 is 0.921 bits per heavy atom. The topological polar surface area (TPSA) is 65.0 Å². The highest BCUT2D eigenvalue weighted by molar-refractivity contribution is 7.15. The van der Waals surface area contributed by atoms with Crippen molar-refractivity contribution >= 4 is 23.1 Å². The molecule has 2 aromatic heterocycles. The highest BCUT2D eigenvalue weighted by atomic mass is 32.1. The number of hydrogen-bond donors (Lipinski definition) is 1. The second-order valence-corrected chi connectivity index (χ2v) is 10.7.